The number of aromatic nitrogens is 2. The fourth-order valence-corrected chi connectivity index (χ4v) is 2.84. The second kappa shape index (κ2) is 7.24. The number of hydrogen-bond donors (Lipinski definition) is 0. The predicted octanol–water partition coefficient (Wildman–Crippen LogP) is 3.12. The van der Waals surface area contributed by atoms with Crippen molar-refractivity contribution in [1.29, 1.82) is 5.26 Å². The second-order valence-corrected chi connectivity index (χ2v) is 5.56. The minimum absolute atomic E-state index is 0.386. The van der Waals surface area contributed by atoms with Crippen LogP contribution >= 0.6 is 0 Å². The molecule has 0 atom stereocenters. The van der Waals surface area contributed by atoms with Crippen LogP contribution in [0.2, 0.25) is 0 Å². The topological polar surface area (TPSA) is 69.3 Å². The van der Waals surface area contributed by atoms with Gasteiger partial charge in [0.1, 0.15) is 12.4 Å². The van der Waals surface area contributed by atoms with Crippen molar-refractivity contribution in [2.75, 3.05) is 21.3 Å². The predicted molar refractivity (Wildman–Crippen MR) is 93.8 cm³/mol. The first-order valence-electron chi connectivity index (χ1n) is 7.79. The maximum Gasteiger partial charge on any atom is 0.163 e. The zero-order chi connectivity index (χ0) is 17.8. The molecule has 0 unspecified atom stereocenters. The van der Waals surface area contributed by atoms with Crippen LogP contribution in [-0.4, -0.2) is 30.9 Å². The average Bonchev–Trinajstić information content (AvgIpc) is 2.97. The minimum Gasteiger partial charge on any atom is -0.493 e. The minimum atomic E-state index is 0.386. The van der Waals surface area contributed by atoms with Gasteiger partial charge in [0.2, 0.25) is 0 Å². The molecule has 0 aliphatic rings. The average molecular weight is 337 g/mol. The Morgan fingerprint density at radius 3 is 2.52 bits per heavy atom. The van der Waals surface area contributed by atoms with E-state index in [-0.39, 0.29) is 0 Å². The molecule has 0 aliphatic heterocycles. The van der Waals surface area contributed by atoms with Crippen molar-refractivity contribution < 1.29 is 14.2 Å². The molecule has 3 aromatic rings. The molecule has 6 heteroatoms. The van der Waals surface area contributed by atoms with Crippen LogP contribution in [-0.2, 0) is 17.9 Å². The summed E-state index contributed by atoms with van der Waals surface area (Å²) in [5, 5.41) is 9.11. The maximum atomic E-state index is 9.11. The van der Waals surface area contributed by atoms with E-state index in [0.29, 0.717) is 30.2 Å². The first kappa shape index (κ1) is 16.8. The molecule has 0 radical (unpaired) electrons. The molecule has 0 saturated heterocycles. The lowest BCUT2D eigenvalue weighted by Gasteiger charge is -2.11. The lowest BCUT2D eigenvalue weighted by molar-refractivity contribution is 0.175. The summed E-state index contributed by atoms with van der Waals surface area (Å²) in [7, 11) is 4.85. The Morgan fingerprint density at radius 2 is 1.84 bits per heavy atom. The molecule has 3 rings (SSSR count). The van der Waals surface area contributed by atoms with E-state index in [4.69, 9.17) is 19.5 Å². The Labute approximate surface area is 146 Å². The number of nitrogens with zero attached hydrogens (tertiary/aromatic N) is 3. The molecule has 0 spiro atoms. The van der Waals surface area contributed by atoms with Crippen LogP contribution in [0.3, 0.4) is 0 Å². The van der Waals surface area contributed by atoms with Gasteiger partial charge in [0.15, 0.2) is 11.5 Å². The Hall–Kier alpha value is -3.04. The van der Waals surface area contributed by atoms with E-state index in [9.17, 15) is 0 Å². The summed E-state index contributed by atoms with van der Waals surface area (Å²) in [5.41, 5.74) is 3.38. The summed E-state index contributed by atoms with van der Waals surface area (Å²) in [6, 6.07) is 13.5. The molecule has 1 aromatic heterocycles. The van der Waals surface area contributed by atoms with E-state index in [0.717, 1.165) is 22.4 Å². The number of benzene rings is 2. The van der Waals surface area contributed by atoms with Gasteiger partial charge in [-0.15, -0.1) is 0 Å². The highest BCUT2D eigenvalue weighted by Crippen LogP contribution is 2.33. The zero-order valence-corrected chi connectivity index (χ0v) is 14.4. The van der Waals surface area contributed by atoms with E-state index in [1.807, 2.05) is 30.3 Å². The third-order valence-electron chi connectivity index (χ3n) is 4.00. The van der Waals surface area contributed by atoms with Crippen molar-refractivity contribution in [3.8, 4) is 17.6 Å². The summed E-state index contributed by atoms with van der Waals surface area (Å²) in [4.78, 5) is 4.66. The summed E-state index contributed by atoms with van der Waals surface area (Å²) in [6.07, 6.45) is 0. The number of methoxy groups -OCH3 is 3. The van der Waals surface area contributed by atoms with Gasteiger partial charge < -0.3 is 18.8 Å². The molecule has 128 valence electrons. The summed E-state index contributed by atoms with van der Waals surface area (Å²) in [5.74, 6) is 2.08. The van der Waals surface area contributed by atoms with Gasteiger partial charge in [0.25, 0.3) is 0 Å². The smallest absolute Gasteiger partial charge is 0.163 e. The van der Waals surface area contributed by atoms with Gasteiger partial charge in [-0.1, -0.05) is 12.1 Å². The monoisotopic (exact) mass is 337 g/mol. The molecule has 0 aliphatic carbocycles. The van der Waals surface area contributed by atoms with Gasteiger partial charge in [0.05, 0.1) is 36.9 Å². The second-order valence-electron chi connectivity index (χ2n) is 5.56. The van der Waals surface area contributed by atoms with Crippen LogP contribution in [0.25, 0.3) is 11.0 Å². The highest BCUT2D eigenvalue weighted by Gasteiger charge is 2.15. The first-order valence-corrected chi connectivity index (χ1v) is 7.79. The van der Waals surface area contributed by atoms with Gasteiger partial charge in [-0.25, -0.2) is 4.98 Å². The fraction of sp³-hybridized carbons (Fsp3) is 0.263. The molecule has 2 aromatic carbocycles. The van der Waals surface area contributed by atoms with Crippen molar-refractivity contribution in [2.24, 2.45) is 0 Å². The molecule has 0 N–H and O–H groups in total. The van der Waals surface area contributed by atoms with Crippen LogP contribution in [0.5, 0.6) is 11.5 Å². The summed E-state index contributed by atoms with van der Waals surface area (Å²) in [6.45, 7) is 0.970. The van der Waals surface area contributed by atoms with Crippen LogP contribution in [0.15, 0.2) is 36.4 Å². The Bertz CT molecular complexity index is 941. The van der Waals surface area contributed by atoms with E-state index in [1.165, 1.54) is 0 Å². The molecule has 0 bridgehead atoms. The molecule has 25 heavy (non-hydrogen) atoms. The van der Waals surface area contributed by atoms with Crippen LogP contribution in [0.4, 0.5) is 0 Å². The Balaban J connectivity index is 2.13. The Kier molecular flexibility index (Phi) is 4.87. The van der Waals surface area contributed by atoms with Crippen LogP contribution in [0.1, 0.15) is 17.0 Å². The number of hydrogen-bond acceptors (Lipinski definition) is 5. The normalized spacial score (nSPS) is 10.6. The lowest BCUT2D eigenvalue weighted by Crippen LogP contribution is -2.06. The third kappa shape index (κ3) is 3.28. The van der Waals surface area contributed by atoms with Gasteiger partial charge >= 0.3 is 0 Å². The number of rotatable bonds is 6. The SMILES string of the molecule is COCc1nc2cc(OC)c(OC)cc2n1Cc1cccc(C#N)c1. The van der Waals surface area contributed by atoms with Crippen LogP contribution in [0, 0.1) is 11.3 Å². The third-order valence-corrected chi connectivity index (χ3v) is 4.00. The molecule has 0 amide bonds. The number of nitriles is 1. The van der Waals surface area contributed by atoms with Crippen molar-refractivity contribution in [3.05, 3.63) is 53.3 Å². The van der Waals surface area contributed by atoms with Crippen molar-refractivity contribution >= 4 is 11.0 Å². The van der Waals surface area contributed by atoms with Crippen LogP contribution < -0.4 is 9.47 Å². The van der Waals surface area contributed by atoms with E-state index >= 15 is 0 Å². The van der Waals surface area contributed by atoms with Gasteiger partial charge in [-0.05, 0) is 17.7 Å². The molecular weight excluding hydrogens is 318 g/mol. The number of fused-ring (bicyclic) bond motifs is 1. The Morgan fingerprint density at radius 1 is 1.08 bits per heavy atom. The largest absolute Gasteiger partial charge is 0.493 e. The van der Waals surface area contributed by atoms with Gasteiger partial charge in [0, 0.05) is 25.8 Å². The zero-order valence-electron chi connectivity index (χ0n) is 14.4. The number of imidazole rings is 1. The van der Waals surface area contributed by atoms with E-state index in [2.05, 4.69) is 15.6 Å². The van der Waals surface area contributed by atoms with E-state index < -0.39 is 0 Å². The number of ether oxygens (including phenoxy) is 3. The highest BCUT2D eigenvalue weighted by atomic mass is 16.5. The lowest BCUT2D eigenvalue weighted by atomic mass is 10.1. The van der Waals surface area contributed by atoms with Crippen molar-refractivity contribution in [3.63, 3.8) is 0 Å². The molecule has 0 fully saturated rings. The molecular formula is C19H19N3O3. The maximum absolute atomic E-state index is 9.11. The summed E-state index contributed by atoms with van der Waals surface area (Å²) >= 11 is 0. The van der Waals surface area contributed by atoms with Crippen molar-refractivity contribution in [2.45, 2.75) is 13.2 Å². The molecule has 6 nitrogen and oxygen atoms in total. The van der Waals surface area contributed by atoms with Crippen molar-refractivity contribution in [1.82, 2.24) is 9.55 Å². The van der Waals surface area contributed by atoms with Gasteiger partial charge in [-0.2, -0.15) is 5.26 Å². The molecule has 1 heterocycles. The standard InChI is InChI=1S/C19H19N3O3/c1-23-12-19-21-15-8-17(24-2)18(25-3)9-16(15)22(19)11-14-6-4-5-13(7-14)10-20/h4-9H,11-12H2,1-3H3. The highest BCUT2D eigenvalue weighted by molar-refractivity contribution is 5.80. The van der Waals surface area contributed by atoms with E-state index in [1.54, 1.807) is 27.4 Å². The fourth-order valence-electron chi connectivity index (χ4n) is 2.84. The van der Waals surface area contributed by atoms with Gasteiger partial charge in [-0.3, -0.25) is 0 Å². The molecule has 0 saturated carbocycles. The quantitative estimate of drug-likeness (QED) is 0.691. The summed E-state index contributed by atoms with van der Waals surface area (Å²) < 4.78 is 18.1. The first-order chi connectivity index (χ1) is 12.2.